The minimum atomic E-state index is -0.0520. The zero-order valence-corrected chi connectivity index (χ0v) is 14.4. The van der Waals surface area contributed by atoms with E-state index in [0.29, 0.717) is 19.6 Å². The Morgan fingerprint density at radius 1 is 1.30 bits per heavy atom. The van der Waals surface area contributed by atoms with Gasteiger partial charge in [0.15, 0.2) is 0 Å². The van der Waals surface area contributed by atoms with Crippen molar-refractivity contribution in [3.63, 3.8) is 0 Å². The van der Waals surface area contributed by atoms with Crippen LogP contribution in [0.3, 0.4) is 0 Å². The van der Waals surface area contributed by atoms with Crippen LogP contribution in [0.1, 0.15) is 36.4 Å². The van der Waals surface area contributed by atoms with Gasteiger partial charge in [-0.15, -0.1) is 11.3 Å². The fourth-order valence-electron chi connectivity index (χ4n) is 3.06. The number of nitrogens with zero attached hydrogens (tertiary/aromatic N) is 2. The topological polar surface area (TPSA) is 63.7 Å². The number of urea groups is 1. The molecule has 0 aliphatic carbocycles. The normalized spacial score (nSPS) is 24.0. The summed E-state index contributed by atoms with van der Waals surface area (Å²) in [5.74, 6) is 0. The molecule has 1 N–H and O–H groups in total. The molecule has 0 unspecified atom stereocenters. The van der Waals surface area contributed by atoms with Crippen molar-refractivity contribution in [3.8, 4) is 0 Å². The average molecular weight is 339 g/mol. The zero-order valence-electron chi connectivity index (χ0n) is 13.6. The first-order chi connectivity index (χ1) is 11.2. The van der Waals surface area contributed by atoms with Crippen molar-refractivity contribution in [2.75, 3.05) is 26.3 Å². The summed E-state index contributed by atoms with van der Waals surface area (Å²) in [5.41, 5.74) is 0.995. The predicted molar refractivity (Wildman–Crippen MR) is 88.6 cm³/mol. The fourth-order valence-corrected chi connectivity index (χ4v) is 3.77. The largest absolute Gasteiger partial charge is 0.376 e. The molecule has 1 aromatic heterocycles. The number of rotatable bonds is 6. The van der Waals surface area contributed by atoms with E-state index < -0.39 is 0 Å². The molecule has 0 saturated carbocycles. The molecule has 2 aliphatic heterocycles. The number of aryl methyl sites for hydroxylation is 1. The maximum atomic E-state index is 12.6. The smallest absolute Gasteiger partial charge is 0.317 e. The highest BCUT2D eigenvalue weighted by Crippen LogP contribution is 2.17. The second kappa shape index (κ2) is 8.08. The lowest BCUT2D eigenvalue weighted by atomic mass is 10.2. The van der Waals surface area contributed by atoms with Gasteiger partial charge < -0.3 is 19.7 Å². The van der Waals surface area contributed by atoms with Crippen LogP contribution in [0.2, 0.25) is 0 Å². The van der Waals surface area contributed by atoms with Crippen molar-refractivity contribution in [1.82, 2.24) is 15.2 Å². The van der Waals surface area contributed by atoms with Crippen molar-refractivity contribution in [3.05, 3.63) is 16.1 Å². The molecule has 0 bridgehead atoms. The number of nitrogens with one attached hydrogen (secondary N) is 1. The molecular weight excluding hydrogens is 314 g/mol. The molecule has 0 spiro atoms. The summed E-state index contributed by atoms with van der Waals surface area (Å²) < 4.78 is 11.4. The Kier molecular flexibility index (Phi) is 5.85. The molecule has 0 radical (unpaired) electrons. The zero-order chi connectivity index (χ0) is 16.1. The number of carbonyl (C=O) groups is 1. The van der Waals surface area contributed by atoms with E-state index in [1.54, 1.807) is 11.3 Å². The van der Waals surface area contributed by atoms with Crippen LogP contribution in [-0.4, -0.2) is 54.4 Å². The van der Waals surface area contributed by atoms with Crippen LogP contribution in [0.15, 0.2) is 5.38 Å². The lowest BCUT2D eigenvalue weighted by molar-refractivity contribution is 0.0498. The molecule has 1 aromatic rings. The van der Waals surface area contributed by atoms with Gasteiger partial charge in [-0.3, -0.25) is 0 Å². The molecule has 0 aromatic carbocycles. The molecule has 2 saturated heterocycles. The number of thiazole rings is 1. The summed E-state index contributed by atoms with van der Waals surface area (Å²) in [6, 6.07) is -0.0520. The molecule has 7 heteroatoms. The van der Waals surface area contributed by atoms with E-state index in [4.69, 9.17) is 9.47 Å². The third kappa shape index (κ3) is 4.89. The molecule has 2 atom stereocenters. The Hall–Kier alpha value is -1.18. The van der Waals surface area contributed by atoms with Gasteiger partial charge in [-0.2, -0.15) is 0 Å². The summed E-state index contributed by atoms with van der Waals surface area (Å²) in [6.45, 7) is 5.33. The lowest BCUT2D eigenvalue weighted by Gasteiger charge is -2.27. The summed E-state index contributed by atoms with van der Waals surface area (Å²) in [4.78, 5) is 18.8. The van der Waals surface area contributed by atoms with Crippen LogP contribution < -0.4 is 5.32 Å². The van der Waals surface area contributed by atoms with E-state index in [0.717, 1.165) is 49.6 Å². The van der Waals surface area contributed by atoms with Crippen molar-refractivity contribution in [1.29, 1.82) is 0 Å². The number of aromatic nitrogens is 1. The number of carbonyl (C=O) groups excluding carboxylic acids is 1. The molecular formula is C16H25N3O3S. The van der Waals surface area contributed by atoms with E-state index in [9.17, 15) is 4.79 Å². The summed E-state index contributed by atoms with van der Waals surface area (Å²) in [5, 5.41) is 5.92. The first-order valence-corrected chi connectivity index (χ1v) is 9.25. The highest BCUT2D eigenvalue weighted by molar-refractivity contribution is 7.09. The number of hydrogen-bond donors (Lipinski definition) is 1. The lowest BCUT2D eigenvalue weighted by Crippen LogP contribution is -2.46. The van der Waals surface area contributed by atoms with Gasteiger partial charge in [-0.05, 0) is 32.6 Å². The number of amides is 2. The minimum absolute atomic E-state index is 0.0520. The van der Waals surface area contributed by atoms with Gasteiger partial charge in [0.1, 0.15) is 5.01 Å². The minimum Gasteiger partial charge on any atom is -0.376 e. The first-order valence-electron chi connectivity index (χ1n) is 8.37. The molecule has 6 nitrogen and oxygen atoms in total. The van der Waals surface area contributed by atoms with E-state index in [2.05, 4.69) is 10.3 Å². The van der Waals surface area contributed by atoms with Gasteiger partial charge in [-0.1, -0.05) is 0 Å². The Bertz CT molecular complexity index is 492. The molecule has 2 fully saturated rings. The van der Waals surface area contributed by atoms with E-state index in [1.165, 1.54) is 0 Å². The van der Waals surface area contributed by atoms with Gasteiger partial charge in [0.05, 0.1) is 18.8 Å². The van der Waals surface area contributed by atoms with Crippen molar-refractivity contribution < 1.29 is 14.3 Å². The van der Waals surface area contributed by atoms with Crippen LogP contribution >= 0.6 is 11.3 Å². The molecule has 128 valence electrons. The van der Waals surface area contributed by atoms with Gasteiger partial charge in [0.25, 0.3) is 0 Å². The SMILES string of the molecule is Cc1csc(CNC(=O)N(C[C@H]2CCCO2)C[C@@H]2CCCO2)n1. The van der Waals surface area contributed by atoms with E-state index in [1.807, 2.05) is 17.2 Å². The highest BCUT2D eigenvalue weighted by Gasteiger charge is 2.26. The number of ether oxygens (including phenoxy) is 2. The van der Waals surface area contributed by atoms with Crippen molar-refractivity contribution in [2.45, 2.75) is 51.4 Å². The standard InChI is InChI=1S/C16H25N3O3S/c1-12-11-23-15(18-12)8-17-16(20)19(9-13-4-2-6-21-13)10-14-5-3-7-22-14/h11,13-14H,2-10H2,1H3,(H,17,20)/t13-,14+. The summed E-state index contributed by atoms with van der Waals surface area (Å²) in [7, 11) is 0. The Morgan fingerprint density at radius 2 is 1.96 bits per heavy atom. The van der Waals surface area contributed by atoms with Gasteiger partial charge in [0.2, 0.25) is 0 Å². The quantitative estimate of drug-likeness (QED) is 0.864. The molecule has 2 aliphatic rings. The van der Waals surface area contributed by atoms with Crippen molar-refractivity contribution in [2.24, 2.45) is 0 Å². The van der Waals surface area contributed by atoms with Crippen molar-refractivity contribution >= 4 is 17.4 Å². The van der Waals surface area contributed by atoms with Crippen LogP contribution in [-0.2, 0) is 16.0 Å². The predicted octanol–water partition coefficient (Wildman–Crippen LogP) is 2.32. The van der Waals surface area contributed by atoms with Crippen LogP contribution in [0.25, 0.3) is 0 Å². The maximum Gasteiger partial charge on any atom is 0.317 e. The summed E-state index contributed by atoms with van der Waals surface area (Å²) >= 11 is 1.58. The number of hydrogen-bond acceptors (Lipinski definition) is 5. The molecule has 3 heterocycles. The van der Waals surface area contributed by atoms with Crippen LogP contribution in [0, 0.1) is 6.92 Å². The molecule has 23 heavy (non-hydrogen) atoms. The van der Waals surface area contributed by atoms with Gasteiger partial charge in [-0.25, -0.2) is 9.78 Å². The van der Waals surface area contributed by atoms with E-state index >= 15 is 0 Å². The molecule has 2 amide bonds. The van der Waals surface area contributed by atoms with Crippen LogP contribution in [0.4, 0.5) is 4.79 Å². The second-order valence-corrected chi connectivity index (χ2v) is 7.16. The fraction of sp³-hybridized carbons (Fsp3) is 0.750. The maximum absolute atomic E-state index is 12.6. The first kappa shape index (κ1) is 16.7. The molecule has 3 rings (SSSR count). The van der Waals surface area contributed by atoms with Gasteiger partial charge in [0, 0.05) is 37.4 Å². The van der Waals surface area contributed by atoms with E-state index in [-0.39, 0.29) is 18.2 Å². The Morgan fingerprint density at radius 3 is 2.43 bits per heavy atom. The summed E-state index contributed by atoms with van der Waals surface area (Å²) in [6.07, 6.45) is 4.53. The Balaban J connectivity index is 1.54. The van der Waals surface area contributed by atoms with Gasteiger partial charge >= 0.3 is 6.03 Å². The highest BCUT2D eigenvalue weighted by atomic mass is 32.1. The monoisotopic (exact) mass is 339 g/mol. The third-order valence-corrected chi connectivity index (χ3v) is 5.21. The Labute approximate surface area is 141 Å². The van der Waals surface area contributed by atoms with Crippen LogP contribution in [0.5, 0.6) is 0 Å². The average Bonchev–Trinajstić information content (AvgIpc) is 3.27. The second-order valence-electron chi connectivity index (χ2n) is 6.22. The third-order valence-electron chi connectivity index (χ3n) is 4.24.